The molecular weight excluding hydrogens is 393 g/mol. The van der Waals surface area contributed by atoms with Crippen molar-refractivity contribution in [3.63, 3.8) is 0 Å². The second-order valence-electron chi connectivity index (χ2n) is 8.35. The summed E-state index contributed by atoms with van der Waals surface area (Å²) < 4.78 is 31.9. The van der Waals surface area contributed by atoms with E-state index in [-0.39, 0.29) is 24.4 Å². The lowest BCUT2D eigenvalue weighted by molar-refractivity contribution is 0.128. The summed E-state index contributed by atoms with van der Waals surface area (Å²) in [7, 11) is 2.11. The third-order valence-electron chi connectivity index (χ3n) is 6.25. The van der Waals surface area contributed by atoms with Gasteiger partial charge in [-0.3, -0.25) is 0 Å². The molecule has 2 heterocycles. The van der Waals surface area contributed by atoms with Crippen LogP contribution >= 0.6 is 0 Å². The number of fused-ring (bicyclic) bond motifs is 1. The van der Waals surface area contributed by atoms with Crippen molar-refractivity contribution in [2.75, 3.05) is 33.5 Å². The maximum atomic E-state index is 15.0. The molecule has 5 heteroatoms. The summed E-state index contributed by atoms with van der Waals surface area (Å²) >= 11 is 0. The Kier molecular flexibility index (Phi) is 5.51. The molecule has 0 amide bonds. The molecule has 5 rings (SSSR count). The summed E-state index contributed by atoms with van der Waals surface area (Å²) in [6.07, 6.45) is 0.904. The number of hydrogen-bond acceptors (Lipinski definition) is 4. The summed E-state index contributed by atoms with van der Waals surface area (Å²) in [6.45, 7) is 2.57. The van der Waals surface area contributed by atoms with Crippen molar-refractivity contribution < 1.29 is 18.6 Å². The van der Waals surface area contributed by atoms with Crippen molar-refractivity contribution in [1.29, 1.82) is 0 Å². The van der Waals surface area contributed by atoms with E-state index in [9.17, 15) is 4.39 Å². The zero-order chi connectivity index (χ0) is 21.2. The van der Waals surface area contributed by atoms with Crippen molar-refractivity contribution in [2.24, 2.45) is 5.92 Å². The average Bonchev–Trinajstić information content (AvgIpc) is 3.27. The predicted molar refractivity (Wildman–Crippen MR) is 118 cm³/mol. The molecule has 1 saturated heterocycles. The molecule has 0 aliphatic carbocycles. The molecule has 160 valence electrons. The Morgan fingerprint density at radius 1 is 0.968 bits per heavy atom. The number of benzene rings is 3. The number of ether oxygens (including phenoxy) is 3. The van der Waals surface area contributed by atoms with Crippen LogP contribution in [0.4, 0.5) is 4.39 Å². The molecule has 3 aromatic rings. The molecule has 2 unspecified atom stereocenters. The standard InChI is InChI=1S/C26H26FNO3/c1-28-12-11-22(23-13-19(7-9-24(23)27)18-5-3-2-4-6-18)20(15-28)16-29-21-8-10-25-26(14-21)31-17-30-25/h2-10,13-14,20,22H,11-12,15-17H2,1H3. The van der Waals surface area contributed by atoms with Crippen LogP contribution in [0.2, 0.25) is 0 Å². The van der Waals surface area contributed by atoms with E-state index < -0.39 is 0 Å². The van der Waals surface area contributed by atoms with Crippen LogP contribution in [-0.2, 0) is 0 Å². The highest BCUT2D eigenvalue weighted by molar-refractivity contribution is 5.64. The molecule has 31 heavy (non-hydrogen) atoms. The van der Waals surface area contributed by atoms with E-state index in [4.69, 9.17) is 14.2 Å². The van der Waals surface area contributed by atoms with Gasteiger partial charge in [0.2, 0.25) is 6.79 Å². The number of hydrogen-bond donors (Lipinski definition) is 0. The van der Waals surface area contributed by atoms with Crippen molar-refractivity contribution in [3.8, 4) is 28.4 Å². The zero-order valence-electron chi connectivity index (χ0n) is 17.6. The van der Waals surface area contributed by atoms with E-state index in [1.54, 1.807) is 6.07 Å². The van der Waals surface area contributed by atoms with Crippen LogP contribution in [0.3, 0.4) is 0 Å². The number of nitrogens with zero attached hydrogens (tertiary/aromatic N) is 1. The van der Waals surface area contributed by atoms with Gasteiger partial charge in [0.1, 0.15) is 11.6 Å². The molecule has 0 spiro atoms. The Labute approximate surface area is 182 Å². The molecule has 2 aliphatic rings. The molecule has 2 aliphatic heterocycles. The highest BCUT2D eigenvalue weighted by Crippen LogP contribution is 2.38. The second-order valence-corrected chi connectivity index (χ2v) is 8.35. The monoisotopic (exact) mass is 419 g/mol. The van der Waals surface area contributed by atoms with E-state index in [1.165, 1.54) is 0 Å². The fraction of sp³-hybridized carbons (Fsp3) is 0.308. The average molecular weight is 419 g/mol. The van der Waals surface area contributed by atoms with Crippen molar-refractivity contribution >= 4 is 0 Å². The normalized spacial score (nSPS) is 20.6. The van der Waals surface area contributed by atoms with Gasteiger partial charge in [-0.2, -0.15) is 0 Å². The Balaban J connectivity index is 1.38. The SMILES string of the molecule is CN1CCC(c2cc(-c3ccccc3)ccc2F)C(COc2ccc3c(c2)OCO3)C1. The van der Waals surface area contributed by atoms with E-state index >= 15 is 0 Å². The van der Waals surface area contributed by atoms with Crippen molar-refractivity contribution in [1.82, 2.24) is 4.90 Å². The van der Waals surface area contributed by atoms with Gasteiger partial charge >= 0.3 is 0 Å². The molecule has 0 aromatic heterocycles. The first-order valence-electron chi connectivity index (χ1n) is 10.7. The van der Waals surface area contributed by atoms with E-state index in [0.29, 0.717) is 12.4 Å². The largest absolute Gasteiger partial charge is 0.493 e. The van der Waals surface area contributed by atoms with Gasteiger partial charge in [-0.1, -0.05) is 36.4 Å². The second kappa shape index (κ2) is 8.60. The molecule has 0 N–H and O–H groups in total. The lowest BCUT2D eigenvalue weighted by Crippen LogP contribution is -2.40. The predicted octanol–water partition coefficient (Wildman–Crippen LogP) is 5.34. The van der Waals surface area contributed by atoms with Gasteiger partial charge in [0.05, 0.1) is 6.61 Å². The third kappa shape index (κ3) is 4.23. The van der Waals surface area contributed by atoms with Gasteiger partial charge in [0, 0.05) is 18.5 Å². The van der Waals surface area contributed by atoms with E-state index in [1.807, 2.05) is 48.5 Å². The van der Waals surface area contributed by atoms with E-state index in [0.717, 1.165) is 47.7 Å². The minimum atomic E-state index is -0.137. The van der Waals surface area contributed by atoms with Crippen LogP contribution in [0.25, 0.3) is 11.1 Å². The molecular formula is C26H26FNO3. The minimum Gasteiger partial charge on any atom is -0.493 e. The Morgan fingerprint density at radius 3 is 2.68 bits per heavy atom. The van der Waals surface area contributed by atoms with Gasteiger partial charge in [0.25, 0.3) is 0 Å². The van der Waals surface area contributed by atoms with Crippen molar-refractivity contribution in [2.45, 2.75) is 12.3 Å². The topological polar surface area (TPSA) is 30.9 Å². The fourth-order valence-electron chi connectivity index (χ4n) is 4.60. The maximum Gasteiger partial charge on any atom is 0.231 e. The molecule has 2 atom stereocenters. The van der Waals surface area contributed by atoms with Crippen molar-refractivity contribution in [3.05, 3.63) is 78.1 Å². The summed E-state index contributed by atoms with van der Waals surface area (Å²) in [5.74, 6) is 2.34. The van der Waals surface area contributed by atoms with Gasteiger partial charge in [-0.05, 0) is 66.9 Å². The Hall–Kier alpha value is -3.05. The lowest BCUT2D eigenvalue weighted by Gasteiger charge is -2.37. The quantitative estimate of drug-likeness (QED) is 0.559. The highest BCUT2D eigenvalue weighted by atomic mass is 19.1. The highest BCUT2D eigenvalue weighted by Gasteiger charge is 2.31. The molecule has 1 fully saturated rings. The summed E-state index contributed by atoms with van der Waals surface area (Å²) in [4.78, 5) is 2.29. The van der Waals surface area contributed by atoms with Gasteiger partial charge in [-0.15, -0.1) is 0 Å². The maximum absolute atomic E-state index is 15.0. The van der Waals surface area contributed by atoms with Crippen LogP contribution < -0.4 is 14.2 Å². The first kappa shape index (κ1) is 19.9. The molecule has 0 radical (unpaired) electrons. The molecule has 3 aromatic carbocycles. The third-order valence-corrected chi connectivity index (χ3v) is 6.25. The summed E-state index contributed by atoms with van der Waals surface area (Å²) in [6, 6.07) is 21.2. The van der Waals surface area contributed by atoms with Gasteiger partial charge < -0.3 is 19.1 Å². The minimum absolute atomic E-state index is 0.105. The first-order valence-corrected chi connectivity index (χ1v) is 10.7. The number of piperidine rings is 1. The fourth-order valence-corrected chi connectivity index (χ4v) is 4.60. The first-order chi connectivity index (χ1) is 15.2. The molecule has 0 bridgehead atoms. The molecule has 4 nitrogen and oxygen atoms in total. The number of rotatable bonds is 5. The number of halogens is 1. The van der Waals surface area contributed by atoms with Crippen LogP contribution in [0.1, 0.15) is 17.9 Å². The summed E-state index contributed by atoms with van der Waals surface area (Å²) in [5.41, 5.74) is 2.94. The van der Waals surface area contributed by atoms with Crippen LogP contribution in [0.15, 0.2) is 66.7 Å². The van der Waals surface area contributed by atoms with E-state index in [2.05, 4.69) is 24.1 Å². The Morgan fingerprint density at radius 2 is 1.81 bits per heavy atom. The number of likely N-dealkylation sites (tertiary alicyclic amines) is 1. The smallest absolute Gasteiger partial charge is 0.231 e. The van der Waals surface area contributed by atoms with Crippen LogP contribution in [-0.4, -0.2) is 38.4 Å². The summed E-state index contributed by atoms with van der Waals surface area (Å²) in [5, 5.41) is 0. The van der Waals surface area contributed by atoms with Gasteiger partial charge in [-0.25, -0.2) is 4.39 Å². The zero-order valence-corrected chi connectivity index (χ0v) is 17.6. The van der Waals surface area contributed by atoms with Crippen LogP contribution in [0.5, 0.6) is 17.2 Å². The Bertz CT molecular complexity index is 1060. The van der Waals surface area contributed by atoms with Gasteiger partial charge in [0.15, 0.2) is 11.5 Å². The molecule has 0 saturated carbocycles. The lowest BCUT2D eigenvalue weighted by atomic mass is 9.80. The van der Waals surface area contributed by atoms with Crippen LogP contribution in [0, 0.1) is 11.7 Å².